The first-order valence-electron chi connectivity index (χ1n) is 8.14. The van der Waals surface area contributed by atoms with Gasteiger partial charge in [0.05, 0.1) is 16.6 Å². The molecular weight excluding hydrogens is 444 g/mol. The van der Waals surface area contributed by atoms with Crippen molar-refractivity contribution in [1.82, 2.24) is 10.3 Å². The largest absolute Gasteiger partial charge is 0.416 e. The maximum absolute atomic E-state index is 13.0. The highest BCUT2D eigenvalue weighted by Gasteiger charge is 2.32. The number of hydrogen-bond acceptors (Lipinski definition) is 4. The molecule has 0 aliphatic rings. The zero-order valence-corrected chi connectivity index (χ0v) is 16.7. The van der Waals surface area contributed by atoms with Crippen molar-refractivity contribution in [2.45, 2.75) is 19.1 Å². The van der Waals surface area contributed by atoms with Crippen LogP contribution in [0, 0.1) is 16.7 Å². The van der Waals surface area contributed by atoms with Crippen LogP contribution in [0.25, 0.3) is 0 Å². The van der Waals surface area contributed by atoms with Gasteiger partial charge in [0.25, 0.3) is 5.91 Å². The van der Waals surface area contributed by atoms with Gasteiger partial charge in [0.15, 0.2) is 0 Å². The van der Waals surface area contributed by atoms with Crippen LogP contribution >= 0.6 is 23.2 Å². The van der Waals surface area contributed by atoms with Crippen molar-refractivity contribution in [3.8, 4) is 6.07 Å². The number of halogens is 5. The summed E-state index contributed by atoms with van der Waals surface area (Å²) in [5.74, 6) is -1.30. The lowest BCUT2D eigenvalue weighted by Crippen LogP contribution is -2.42. The molecule has 0 bridgehead atoms. The summed E-state index contributed by atoms with van der Waals surface area (Å²) < 4.78 is 38.9. The molecule has 0 saturated heterocycles. The number of nitrogens with one attached hydrogen (secondary N) is 3. The molecule has 12 heteroatoms. The summed E-state index contributed by atoms with van der Waals surface area (Å²) in [6.07, 6.45) is -3.34. The predicted molar refractivity (Wildman–Crippen MR) is 107 cm³/mol. The van der Waals surface area contributed by atoms with Crippen molar-refractivity contribution in [3.63, 3.8) is 0 Å². The van der Waals surface area contributed by atoms with Gasteiger partial charge >= 0.3 is 6.18 Å². The number of nitrogens with zero attached hydrogens (tertiary/aromatic N) is 3. The van der Waals surface area contributed by atoms with E-state index in [-0.39, 0.29) is 22.2 Å². The van der Waals surface area contributed by atoms with Gasteiger partial charge in [0, 0.05) is 16.8 Å². The van der Waals surface area contributed by atoms with Gasteiger partial charge in [0.2, 0.25) is 5.84 Å². The maximum Gasteiger partial charge on any atom is 0.416 e. The second-order valence-electron chi connectivity index (χ2n) is 5.87. The van der Waals surface area contributed by atoms with Crippen molar-refractivity contribution in [3.05, 3.63) is 57.7 Å². The topological polar surface area (TPSA) is 114 Å². The summed E-state index contributed by atoms with van der Waals surface area (Å²) in [7, 11) is 0. The van der Waals surface area contributed by atoms with Crippen LogP contribution < -0.4 is 10.6 Å². The van der Waals surface area contributed by atoms with Crippen LogP contribution in [-0.4, -0.2) is 28.6 Å². The number of carbonyl (C=O) groups excluding carboxylic acids is 1. The molecule has 0 spiro atoms. The number of hydrogen-bond donors (Lipinski definition) is 3. The lowest BCUT2D eigenvalue weighted by atomic mass is 10.1. The third-order valence-electron chi connectivity index (χ3n) is 3.57. The summed E-state index contributed by atoms with van der Waals surface area (Å²) in [6.45, 7) is 1.46. The van der Waals surface area contributed by atoms with Gasteiger partial charge in [-0.05, 0) is 37.3 Å². The normalized spacial score (nSPS) is 12.6. The Morgan fingerprint density at radius 1 is 1.27 bits per heavy atom. The smallest absolute Gasteiger partial charge is 0.342 e. The van der Waals surface area contributed by atoms with Crippen LogP contribution in [-0.2, 0) is 6.18 Å². The van der Waals surface area contributed by atoms with Gasteiger partial charge in [-0.1, -0.05) is 23.2 Å². The van der Waals surface area contributed by atoms with Gasteiger partial charge in [-0.15, -0.1) is 0 Å². The van der Waals surface area contributed by atoms with E-state index in [1.165, 1.54) is 31.3 Å². The average molecular weight is 457 g/mol. The Labute approximate surface area is 179 Å². The number of amidine groups is 2. The van der Waals surface area contributed by atoms with E-state index in [1.807, 2.05) is 0 Å². The quantitative estimate of drug-likeness (QED) is 0.462. The van der Waals surface area contributed by atoms with E-state index in [0.29, 0.717) is 17.2 Å². The highest BCUT2D eigenvalue weighted by atomic mass is 35.5. The Balaban J connectivity index is 2.27. The summed E-state index contributed by atoms with van der Waals surface area (Å²) >= 11 is 11.5. The van der Waals surface area contributed by atoms with Gasteiger partial charge in [-0.25, -0.2) is 9.98 Å². The van der Waals surface area contributed by atoms with Gasteiger partial charge in [-0.3, -0.25) is 10.2 Å². The minimum absolute atomic E-state index is 0.0391. The first kappa shape index (κ1) is 23.1. The average Bonchev–Trinajstić information content (AvgIpc) is 2.67. The Morgan fingerprint density at radius 3 is 2.53 bits per heavy atom. The molecule has 0 radical (unpaired) electrons. The zero-order chi connectivity index (χ0) is 22.5. The Morgan fingerprint density at radius 2 is 1.97 bits per heavy atom. The lowest BCUT2D eigenvalue weighted by molar-refractivity contribution is -0.137. The molecular formula is C18H13Cl2F3N6O. The van der Waals surface area contributed by atoms with Crippen LogP contribution in [0.4, 0.5) is 19.0 Å². The number of aromatic nitrogens is 1. The van der Waals surface area contributed by atoms with E-state index < -0.39 is 29.5 Å². The second-order valence-corrected chi connectivity index (χ2v) is 6.74. The highest BCUT2D eigenvalue weighted by molar-refractivity contribution is 6.31. The molecule has 0 aliphatic carbocycles. The summed E-state index contributed by atoms with van der Waals surface area (Å²) in [6, 6.07) is 6.06. The fourth-order valence-electron chi connectivity index (χ4n) is 2.19. The molecule has 1 unspecified atom stereocenters. The van der Waals surface area contributed by atoms with Crippen molar-refractivity contribution < 1.29 is 18.0 Å². The predicted octanol–water partition coefficient (Wildman–Crippen LogP) is 4.54. The molecule has 7 nitrogen and oxygen atoms in total. The van der Waals surface area contributed by atoms with Gasteiger partial charge in [-0.2, -0.15) is 18.4 Å². The SMILES string of the molecule is CC(NC(=O)c1cc(Cl)cc(C(F)(F)F)c1)/C(=N/C(=N)C#N)Nc1ccc(Cl)cn1. The van der Waals surface area contributed by atoms with E-state index in [0.717, 1.165) is 6.07 Å². The number of anilines is 1. The number of amides is 1. The first-order valence-corrected chi connectivity index (χ1v) is 8.89. The van der Waals surface area contributed by atoms with E-state index in [1.54, 1.807) is 0 Å². The number of rotatable bonds is 4. The van der Waals surface area contributed by atoms with Crippen molar-refractivity contribution >= 4 is 46.6 Å². The lowest BCUT2D eigenvalue weighted by Gasteiger charge is -2.18. The van der Waals surface area contributed by atoms with Crippen molar-refractivity contribution in [1.29, 1.82) is 10.7 Å². The number of nitriles is 1. The summed E-state index contributed by atoms with van der Waals surface area (Å²) in [4.78, 5) is 20.2. The van der Waals surface area contributed by atoms with Crippen LogP contribution in [0.15, 0.2) is 41.5 Å². The zero-order valence-electron chi connectivity index (χ0n) is 15.2. The molecule has 0 aliphatic heterocycles. The summed E-state index contributed by atoms with van der Waals surface area (Å²) in [5.41, 5.74) is -1.39. The standard InChI is InChI=1S/C18H13Cl2F3N6O/c1-9(16(28-14(25)7-24)29-15-3-2-12(19)8-26-15)27-17(30)10-4-11(18(21,22)23)6-13(20)5-10/h2-6,8-9H,1H3,(H,27,30)(H2,25,26,28,29). The van der Waals surface area contributed by atoms with E-state index in [4.69, 9.17) is 33.9 Å². The maximum atomic E-state index is 13.0. The number of benzene rings is 1. The molecule has 1 aromatic carbocycles. The van der Waals surface area contributed by atoms with Crippen molar-refractivity contribution in [2.24, 2.45) is 4.99 Å². The van der Waals surface area contributed by atoms with Crippen LogP contribution in [0.1, 0.15) is 22.8 Å². The molecule has 30 heavy (non-hydrogen) atoms. The van der Waals surface area contributed by atoms with Crippen LogP contribution in [0.2, 0.25) is 10.0 Å². The Hall–Kier alpha value is -3.16. The molecule has 0 fully saturated rings. The molecule has 3 N–H and O–H groups in total. The van der Waals surface area contributed by atoms with E-state index in [9.17, 15) is 18.0 Å². The monoisotopic (exact) mass is 456 g/mol. The molecule has 1 amide bonds. The van der Waals surface area contributed by atoms with Crippen LogP contribution in [0.5, 0.6) is 0 Å². The van der Waals surface area contributed by atoms with E-state index >= 15 is 0 Å². The fourth-order valence-corrected chi connectivity index (χ4v) is 2.54. The summed E-state index contributed by atoms with van der Waals surface area (Å²) in [5, 5.41) is 21.6. The molecule has 1 heterocycles. The van der Waals surface area contributed by atoms with Gasteiger partial charge < -0.3 is 10.6 Å². The molecule has 2 rings (SSSR count). The fraction of sp³-hybridized carbons (Fsp3) is 0.167. The van der Waals surface area contributed by atoms with Gasteiger partial charge in [0.1, 0.15) is 17.7 Å². The van der Waals surface area contributed by atoms with E-state index in [2.05, 4.69) is 20.6 Å². The van der Waals surface area contributed by atoms with Crippen LogP contribution in [0.3, 0.4) is 0 Å². The third-order valence-corrected chi connectivity index (χ3v) is 4.01. The molecule has 1 atom stereocenters. The molecule has 1 aromatic heterocycles. The minimum Gasteiger partial charge on any atom is -0.342 e. The number of alkyl halides is 3. The molecule has 2 aromatic rings. The third kappa shape index (κ3) is 6.43. The second kappa shape index (κ2) is 9.56. The van der Waals surface area contributed by atoms with Crippen molar-refractivity contribution in [2.75, 3.05) is 5.32 Å². The highest BCUT2D eigenvalue weighted by Crippen LogP contribution is 2.31. The minimum atomic E-state index is -4.68. The molecule has 0 saturated carbocycles. The Kier molecular flexibility index (Phi) is 7.37. The number of aliphatic imine (C=N–C) groups is 1. The molecule has 156 valence electrons. The number of pyridine rings is 1. The number of carbonyl (C=O) groups is 1. The first-order chi connectivity index (χ1) is 14.0. The Bertz CT molecular complexity index is 1030.